The van der Waals surface area contributed by atoms with E-state index >= 15 is 0 Å². The molecule has 0 aromatic carbocycles. The second kappa shape index (κ2) is 4.05. The molecule has 1 aromatic heterocycles. The van der Waals surface area contributed by atoms with Crippen LogP contribution in [0.15, 0.2) is 18.6 Å². The minimum atomic E-state index is 0.681. The quantitative estimate of drug-likeness (QED) is 0.703. The highest BCUT2D eigenvalue weighted by atomic mass is 79.9. The van der Waals surface area contributed by atoms with E-state index in [1.54, 1.807) is 12.4 Å². The van der Waals surface area contributed by atoms with Gasteiger partial charge < -0.3 is 4.90 Å². The fourth-order valence-corrected chi connectivity index (χ4v) is 1.94. The average Bonchev–Trinajstić information content (AvgIpc) is 2.20. The lowest BCUT2D eigenvalue weighted by Gasteiger charge is -2.29. The van der Waals surface area contributed by atoms with E-state index in [1.807, 2.05) is 6.20 Å². The zero-order chi connectivity index (χ0) is 9.10. The Labute approximate surface area is 86.3 Å². The van der Waals surface area contributed by atoms with Gasteiger partial charge in [0.2, 0.25) is 0 Å². The third-order valence-electron chi connectivity index (χ3n) is 2.30. The molecule has 4 heteroatoms. The van der Waals surface area contributed by atoms with Gasteiger partial charge >= 0.3 is 0 Å². The van der Waals surface area contributed by atoms with Crippen LogP contribution < -0.4 is 4.90 Å². The summed E-state index contributed by atoms with van der Waals surface area (Å²) in [5.74, 6) is 1.00. The first-order valence-electron chi connectivity index (χ1n) is 4.51. The van der Waals surface area contributed by atoms with Gasteiger partial charge in [0.1, 0.15) is 5.82 Å². The molecule has 1 aromatic rings. The Balaban J connectivity index is 2.03. The van der Waals surface area contributed by atoms with Crippen LogP contribution in [-0.4, -0.2) is 27.9 Å². The Kier molecular flexibility index (Phi) is 2.78. The highest BCUT2D eigenvalue weighted by Crippen LogP contribution is 2.20. The predicted molar refractivity (Wildman–Crippen MR) is 56.2 cm³/mol. The monoisotopic (exact) mass is 241 g/mol. The van der Waals surface area contributed by atoms with Gasteiger partial charge in [-0.2, -0.15) is 0 Å². The summed E-state index contributed by atoms with van der Waals surface area (Å²) in [7, 11) is 0. The van der Waals surface area contributed by atoms with Gasteiger partial charge in [-0.05, 0) is 12.8 Å². The predicted octanol–water partition coefficient (Wildman–Crippen LogP) is 1.84. The maximum absolute atomic E-state index is 4.28. The summed E-state index contributed by atoms with van der Waals surface area (Å²) in [6.45, 7) is 2.16. The lowest BCUT2D eigenvalue weighted by molar-refractivity contribution is 0.591. The third-order valence-corrected chi connectivity index (χ3v) is 3.21. The largest absolute Gasteiger partial charge is 0.355 e. The molecule has 0 atom stereocenters. The van der Waals surface area contributed by atoms with Crippen LogP contribution in [0.25, 0.3) is 0 Å². The Bertz CT molecular complexity index is 257. The van der Waals surface area contributed by atoms with Crippen molar-refractivity contribution in [3.05, 3.63) is 18.6 Å². The van der Waals surface area contributed by atoms with E-state index in [4.69, 9.17) is 0 Å². The van der Waals surface area contributed by atoms with Crippen molar-refractivity contribution in [1.82, 2.24) is 9.97 Å². The number of hydrogen-bond donors (Lipinski definition) is 0. The molecule has 13 heavy (non-hydrogen) atoms. The molecule has 0 bridgehead atoms. The van der Waals surface area contributed by atoms with Gasteiger partial charge in [-0.15, -0.1) is 0 Å². The molecule has 3 nitrogen and oxygen atoms in total. The molecular weight excluding hydrogens is 230 g/mol. The average molecular weight is 242 g/mol. The van der Waals surface area contributed by atoms with Gasteiger partial charge in [-0.1, -0.05) is 15.9 Å². The van der Waals surface area contributed by atoms with Crippen molar-refractivity contribution in [2.45, 2.75) is 17.7 Å². The normalized spacial score (nSPS) is 19.0. The maximum Gasteiger partial charge on any atom is 0.147 e. The molecule has 1 aliphatic heterocycles. The van der Waals surface area contributed by atoms with E-state index in [1.165, 1.54) is 12.8 Å². The van der Waals surface area contributed by atoms with Gasteiger partial charge in [0, 0.05) is 30.3 Å². The third kappa shape index (κ3) is 2.18. The smallest absolute Gasteiger partial charge is 0.147 e. The first-order valence-corrected chi connectivity index (χ1v) is 5.43. The molecule has 0 spiro atoms. The van der Waals surface area contributed by atoms with E-state index < -0.39 is 0 Å². The number of hydrogen-bond acceptors (Lipinski definition) is 3. The SMILES string of the molecule is BrC1CCN(c2cnccn2)CC1. The summed E-state index contributed by atoms with van der Waals surface area (Å²) < 4.78 is 0. The number of halogens is 1. The van der Waals surface area contributed by atoms with Crippen LogP contribution >= 0.6 is 15.9 Å². The van der Waals surface area contributed by atoms with Crippen LogP contribution in [0.3, 0.4) is 0 Å². The molecule has 0 N–H and O–H groups in total. The van der Waals surface area contributed by atoms with Gasteiger partial charge in [-0.25, -0.2) is 4.98 Å². The molecule has 2 heterocycles. The number of anilines is 1. The summed E-state index contributed by atoms with van der Waals surface area (Å²) in [5.41, 5.74) is 0. The molecule has 70 valence electrons. The summed E-state index contributed by atoms with van der Waals surface area (Å²) >= 11 is 3.63. The van der Waals surface area contributed by atoms with E-state index in [9.17, 15) is 0 Å². The number of piperidine rings is 1. The first kappa shape index (κ1) is 8.94. The van der Waals surface area contributed by atoms with Gasteiger partial charge in [0.05, 0.1) is 6.20 Å². The van der Waals surface area contributed by atoms with Gasteiger partial charge in [0.15, 0.2) is 0 Å². The Morgan fingerprint density at radius 3 is 2.69 bits per heavy atom. The van der Waals surface area contributed by atoms with Crippen molar-refractivity contribution in [1.29, 1.82) is 0 Å². The second-order valence-corrected chi connectivity index (χ2v) is 4.52. The standard InChI is InChI=1S/C9H12BrN3/c10-8-1-5-13(6-2-8)9-7-11-3-4-12-9/h3-4,7-8H,1-2,5-6H2. The molecule has 0 aliphatic carbocycles. The van der Waals surface area contributed by atoms with Crippen molar-refractivity contribution in [3.63, 3.8) is 0 Å². The zero-order valence-corrected chi connectivity index (χ0v) is 8.94. The molecule has 0 saturated carbocycles. The molecule has 1 fully saturated rings. The van der Waals surface area contributed by atoms with Crippen LogP contribution in [0.5, 0.6) is 0 Å². The number of alkyl halides is 1. The van der Waals surface area contributed by atoms with Crippen LogP contribution in [0.4, 0.5) is 5.82 Å². The van der Waals surface area contributed by atoms with E-state index in [0.717, 1.165) is 18.9 Å². The fraction of sp³-hybridized carbons (Fsp3) is 0.556. The van der Waals surface area contributed by atoms with Crippen LogP contribution in [0.1, 0.15) is 12.8 Å². The molecule has 1 aliphatic rings. The van der Waals surface area contributed by atoms with Crippen LogP contribution in [0, 0.1) is 0 Å². The highest BCUT2D eigenvalue weighted by Gasteiger charge is 2.17. The van der Waals surface area contributed by atoms with E-state index in [2.05, 4.69) is 30.8 Å². The maximum atomic E-state index is 4.28. The lowest BCUT2D eigenvalue weighted by atomic mass is 10.1. The molecular formula is C9H12BrN3. The summed E-state index contributed by atoms with van der Waals surface area (Å²) in [5, 5.41) is 0. The van der Waals surface area contributed by atoms with Crippen LogP contribution in [0.2, 0.25) is 0 Å². The summed E-state index contributed by atoms with van der Waals surface area (Å²) in [6.07, 6.45) is 7.66. The minimum Gasteiger partial charge on any atom is -0.355 e. The fourth-order valence-electron chi connectivity index (χ4n) is 1.53. The Morgan fingerprint density at radius 2 is 2.08 bits per heavy atom. The molecule has 1 saturated heterocycles. The van der Waals surface area contributed by atoms with E-state index in [0.29, 0.717) is 4.83 Å². The van der Waals surface area contributed by atoms with Crippen molar-refractivity contribution in [2.75, 3.05) is 18.0 Å². The van der Waals surface area contributed by atoms with Crippen molar-refractivity contribution in [3.8, 4) is 0 Å². The summed E-state index contributed by atoms with van der Waals surface area (Å²) in [4.78, 5) is 11.3. The lowest BCUT2D eigenvalue weighted by Crippen LogP contribution is -2.34. The topological polar surface area (TPSA) is 29.0 Å². The highest BCUT2D eigenvalue weighted by molar-refractivity contribution is 9.09. The number of aromatic nitrogens is 2. The van der Waals surface area contributed by atoms with Gasteiger partial charge in [0.25, 0.3) is 0 Å². The Hall–Kier alpha value is -0.640. The van der Waals surface area contributed by atoms with Crippen molar-refractivity contribution >= 4 is 21.7 Å². The number of rotatable bonds is 1. The Morgan fingerprint density at radius 1 is 1.31 bits per heavy atom. The molecule has 2 rings (SSSR count). The summed E-state index contributed by atoms with van der Waals surface area (Å²) in [6, 6.07) is 0. The minimum absolute atomic E-state index is 0.681. The van der Waals surface area contributed by atoms with Gasteiger partial charge in [-0.3, -0.25) is 4.98 Å². The first-order chi connectivity index (χ1) is 6.36. The zero-order valence-electron chi connectivity index (χ0n) is 7.36. The van der Waals surface area contributed by atoms with E-state index in [-0.39, 0.29) is 0 Å². The van der Waals surface area contributed by atoms with Crippen LogP contribution in [-0.2, 0) is 0 Å². The molecule has 0 unspecified atom stereocenters. The number of nitrogens with zero attached hydrogens (tertiary/aromatic N) is 3. The van der Waals surface area contributed by atoms with Crippen molar-refractivity contribution in [2.24, 2.45) is 0 Å². The van der Waals surface area contributed by atoms with Crippen molar-refractivity contribution < 1.29 is 0 Å². The molecule has 0 radical (unpaired) electrons. The second-order valence-electron chi connectivity index (χ2n) is 3.23. The molecule has 0 amide bonds.